The van der Waals surface area contributed by atoms with Gasteiger partial charge in [0.05, 0.1) is 0 Å². The molecule has 0 aliphatic rings. The maximum Gasteiger partial charge on any atom is 0.252 e. The summed E-state index contributed by atoms with van der Waals surface area (Å²) in [6.07, 6.45) is 0.761. The molecule has 6 heteroatoms. The molecule has 1 aromatic heterocycles. The lowest BCUT2D eigenvalue weighted by molar-refractivity contribution is 0.257. The van der Waals surface area contributed by atoms with Crippen LogP contribution < -0.4 is 5.73 Å². The zero-order valence-corrected chi connectivity index (χ0v) is 13.3. The largest absolute Gasteiger partial charge is 0.326 e. The van der Waals surface area contributed by atoms with Gasteiger partial charge in [-0.2, -0.15) is 4.31 Å². The van der Waals surface area contributed by atoms with E-state index in [1.54, 1.807) is 13.1 Å². The number of hydrogen-bond acceptors (Lipinski definition) is 4. The first-order chi connectivity index (χ1) is 8.16. The second-order valence-corrected chi connectivity index (χ2v) is 8.35. The molecule has 1 heterocycles. The summed E-state index contributed by atoms with van der Waals surface area (Å²) in [5.41, 5.74) is 6.16. The highest BCUT2D eigenvalue weighted by Gasteiger charge is 2.33. The summed E-state index contributed by atoms with van der Waals surface area (Å²) in [5, 5.41) is 0. The molecule has 0 aliphatic carbocycles. The Labute approximate surface area is 114 Å². The molecule has 1 aromatic rings. The highest BCUT2D eigenvalue weighted by Crippen LogP contribution is 2.31. The van der Waals surface area contributed by atoms with Gasteiger partial charge in [0.25, 0.3) is 10.0 Å². The van der Waals surface area contributed by atoms with Crippen molar-refractivity contribution in [3.8, 4) is 0 Å². The molecule has 104 valence electrons. The molecule has 2 N–H and O–H groups in total. The maximum atomic E-state index is 12.5. The third-order valence-corrected chi connectivity index (χ3v) is 7.29. The van der Waals surface area contributed by atoms with Gasteiger partial charge >= 0.3 is 0 Å². The number of aryl methyl sites for hydroxylation is 1. The van der Waals surface area contributed by atoms with Crippen molar-refractivity contribution >= 4 is 21.4 Å². The summed E-state index contributed by atoms with van der Waals surface area (Å²) in [6.45, 7) is 8.11. The van der Waals surface area contributed by atoms with Crippen molar-refractivity contribution in [2.75, 3.05) is 7.05 Å². The lowest BCUT2D eigenvalue weighted by Crippen LogP contribution is -2.44. The highest BCUT2D eigenvalue weighted by molar-refractivity contribution is 7.91. The minimum atomic E-state index is -3.42. The monoisotopic (exact) mass is 290 g/mol. The standard InChI is InChI=1S/C12H22N2O2S2/c1-6-12(3,4)14(5)18(15,16)11-7-9(2)10(8-13)17-11/h7H,6,8,13H2,1-5H3. The predicted molar refractivity (Wildman–Crippen MR) is 76.3 cm³/mol. The van der Waals surface area contributed by atoms with Crippen LogP contribution in [-0.2, 0) is 16.6 Å². The maximum absolute atomic E-state index is 12.5. The van der Waals surface area contributed by atoms with E-state index >= 15 is 0 Å². The van der Waals surface area contributed by atoms with E-state index in [0.29, 0.717) is 10.8 Å². The van der Waals surface area contributed by atoms with Crippen LogP contribution in [0.3, 0.4) is 0 Å². The Hall–Kier alpha value is -0.430. The zero-order valence-electron chi connectivity index (χ0n) is 11.6. The minimum absolute atomic E-state index is 0.379. The van der Waals surface area contributed by atoms with Crippen LogP contribution in [0.4, 0.5) is 0 Å². The molecule has 0 aromatic carbocycles. The van der Waals surface area contributed by atoms with Crippen molar-refractivity contribution in [3.63, 3.8) is 0 Å². The molecule has 0 bridgehead atoms. The summed E-state index contributed by atoms with van der Waals surface area (Å²) in [6, 6.07) is 1.71. The number of thiophene rings is 1. The molecular formula is C12H22N2O2S2. The van der Waals surface area contributed by atoms with Crippen LogP contribution in [0.15, 0.2) is 10.3 Å². The van der Waals surface area contributed by atoms with E-state index in [9.17, 15) is 8.42 Å². The first kappa shape index (κ1) is 15.6. The summed E-state index contributed by atoms with van der Waals surface area (Å²) in [5.74, 6) is 0. The van der Waals surface area contributed by atoms with Gasteiger partial charge in [0.2, 0.25) is 0 Å². The molecule has 0 saturated heterocycles. The fraction of sp³-hybridized carbons (Fsp3) is 0.667. The Kier molecular flexibility index (Phi) is 4.59. The Morgan fingerprint density at radius 1 is 1.44 bits per heavy atom. The number of nitrogens with two attached hydrogens (primary N) is 1. The van der Waals surface area contributed by atoms with Gasteiger partial charge in [-0.3, -0.25) is 0 Å². The molecule has 1 rings (SSSR count). The van der Waals surface area contributed by atoms with Crippen LogP contribution in [0.25, 0.3) is 0 Å². The smallest absolute Gasteiger partial charge is 0.252 e. The van der Waals surface area contributed by atoms with Gasteiger partial charge in [-0.15, -0.1) is 11.3 Å². The average molecular weight is 290 g/mol. The number of sulfonamides is 1. The van der Waals surface area contributed by atoms with Crippen LogP contribution in [0.2, 0.25) is 0 Å². The summed E-state index contributed by atoms with van der Waals surface area (Å²) >= 11 is 1.27. The predicted octanol–water partition coefficient (Wildman–Crippen LogP) is 2.32. The van der Waals surface area contributed by atoms with Gasteiger partial charge in [-0.25, -0.2) is 8.42 Å². The van der Waals surface area contributed by atoms with Gasteiger partial charge in [-0.1, -0.05) is 6.92 Å². The molecule has 0 unspecified atom stereocenters. The molecular weight excluding hydrogens is 268 g/mol. The van der Waals surface area contributed by atoms with Gasteiger partial charge in [0.15, 0.2) is 0 Å². The zero-order chi connectivity index (χ0) is 14.1. The molecule has 18 heavy (non-hydrogen) atoms. The molecule has 0 atom stereocenters. The Balaban J connectivity index is 3.21. The van der Waals surface area contributed by atoms with Crippen molar-refractivity contribution in [1.29, 1.82) is 0 Å². The van der Waals surface area contributed by atoms with Crippen molar-refractivity contribution in [2.24, 2.45) is 5.73 Å². The second-order valence-electron chi connectivity index (χ2n) is 5.01. The van der Waals surface area contributed by atoms with E-state index in [1.165, 1.54) is 15.6 Å². The van der Waals surface area contributed by atoms with Crippen LogP contribution in [0.5, 0.6) is 0 Å². The van der Waals surface area contributed by atoms with E-state index in [1.807, 2.05) is 27.7 Å². The van der Waals surface area contributed by atoms with Crippen molar-refractivity contribution in [3.05, 3.63) is 16.5 Å². The minimum Gasteiger partial charge on any atom is -0.326 e. The fourth-order valence-corrected chi connectivity index (χ4v) is 4.72. The fourth-order valence-electron chi connectivity index (χ4n) is 1.50. The molecule has 0 amide bonds. The van der Waals surface area contributed by atoms with Crippen LogP contribution in [0.1, 0.15) is 37.6 Å². The molecule has 0 spiro atoms. The molecule has 0 fully saturated rings. The van der Waals surface area contributed by atoms with Crippen LogP contribution in [-0.4, -0.2) is 25.3 Å². The molecule has 0 saturated carbocycles. The third kappa shape index (κ3) is 2.77. The van der Waals surface area contributed by atoms with E-state index in [4.69, 9.17) is 5.73 Å². The van der Waals surface area contributed by atoms with Crippen LogP contribution >= 0.6 is 11.3 Å². The van der Waals surface area contributed by atoms with E-state index in [0.717, 1.165) is 16.9 Å². The lowest BCUT2D eigenvalue weighted by Gasteiger charge is -2.33. The number of rotatable bonds is 5. The number of nitrogens with zero attached hydrogens (tertiary/aromatic N) is 1. The summed E-state index contributed by atoms with van der Waals surface area (Å²) < 4.78 is 26.9. The van der Waals surface area contributed by atoms with Crippen molar-refractivity contribution < 1.29 is 8.42 Å². The van der Waals surface area contributed by atoms with E-state index in [-0.39, 0.29) is 5.54 Å². The average Bonchev–Trinajstić information content (AvgIpc) is 2.70. The summed E-state index contributed by atoms with van der Waals surface area (Å²) in [4.78, 5) is 0.927. The Bertz CT molecular complexity index is 518. The van der Waals surface area contributed by atoms with E-state index < -0.39 is 10.0 Å². The Morgan fingerprint density at radius 3 is 2.39 bits per heavy atom. The van der Waals surface area contributed by atoms with Gasteiger partial charge in [0, 0.05) is 24.0 Å². The summed E-state index contributed by atoms with van der Waals surface area (Å²) in [7, 11) is -1.79. The third-order valence-electron chi connectivity index (χ3n) is 3.52. The van der Waals surface area contributed by atoms with E-state index in [2.05, 4.69) is 0 Å². The second kappa shape index (κ2) is 5.28. The SMILES string of the molecule is CCC(C)(C)N(C)S(=O)(=O)c1cc(C)c(CN)s1. The van der Waals surface area contributed by atoms with Crippen molar-refractivity contribution in [1.82, 2.24) is 4.31 Å². The van der Waals surface area contributed by atoms with Crippen LogP contribution in [0, 0.1) is 6.92 Å². The topological polar surface area (TPSA) is 63.4 Å². The first-order valence-corrected chi connectivity index (χ1v) is 8.21. The molecule has 0 radical (unpaired) electrons. The number of hydrogen-bond donors (Lipinski definition) is 1. The first-order valence-electron chi connectivity index (χ1n) is 5.95. The normalized spacial score (nSPS) is 13.3. The molecule has 4 nitrogen and oxygen atoms in total. The molecule has 0 aliphatic heterocycles. The quantitative estimate of drug-likeness (QED) is 0.905. The Morgan fingerprint density at radius 2 is 2.00 bits per heavy atom. The van der Waals surface area contributed by atoms with Gasteiger partial charge < -0.3 is 5.73 Å². The van der Waals surface area contributed by atoms with Gasteiger partial charge in [-0.05, 0) is 38.8 Å². The lowest BCUT2D eigenvalue weighted by atomic mass is 10.0. The van der Waals surface area contributed by atoms with Gasteiger partial charge in [0.1, 0.15) is 4.21 Å². The van der Waals surface area contributed by atoms with Crippen molar-refractivity contribution in [2.45, 2.75) is 50.4 Å². The highest BCUT2D eigenvalue weighted by atomic mass is 32.2.